The standard InChI is InChI=1S/C15H25NO3S/c1-6-16(8-7-9-17)20(18,19)15-13(4)11(2)10-12(3)14(15)5/h10,17H,6-9H2,1-5H3. The highest BCUT2D eigenvalue weighted by Gasteiger charge is 2.27. The SMILES string of the molecule is CCN(CCCO)S(=O)(=O)c1c(C)c(C)cc(C)c1C. The van der Waals surface area contributed by atoms with Gasteiger partial charge in [-0.05, 0) is 56.4 Å². The van der Waals surface area contributed by atoms with Crippen LogP contribution in [-0.4, -0.2) is 37.5 Å². The molecule has 0 bridgehead atoms. The molecular formula is C15H25NO3S. The van der Waals surface area contributed by atoms with E-state index in [4.69, 9.17) is 5.11 Å². The topological polar surface area (TPSA) is 57.6 Å². The average Bonchev–Trinajstić information content (AvgIpc) is 2.37. The molecule has 0 aliphatic rings. The van der Waals surface area contributed by atoms with E-state index < -0.39 is 10.0 Å². The Balaban J connectivity index is 3.41. The summed E-state index contributed by atoms with van der Waals surface area (Å²) in [7, 11) is -3.51. The number of hydrogen-bond acceptors (Lipinski definition) is 3. The van der Waals surface area contributed by atoms with Crippen molar-refractivity contribution >= 4 is 10.0 Å². The number of nitrogens with zero attached hydrogens (tertiary/aromatic N) is 1. The van der Waals surface area contributed by atoms with Gasteiger partial charge in [-0.1, -0.05) is 13.0 Å². The quantitative estimate of drug-likeness (QED) is 0.877. The zero-order valence-electron chi connectivity index (χ0n) is 13.0. The Hall–Kier alpha value is -0.910. The van der Waals surface area contributed by atoms with E-state index in [1.54, 1.807) is 0 Å². The normalized spacial score (nSPS) is 12.2. The first-order valence-corrected chi connectivity index (χ1v) is 8.39. The predicted octanol–water partition coefficient (Wildman–Crippen LogP) is 2.31. The van der Waals surface area contributed by atoms with Gasteiger partial charge in [0.15, 0.2) is 0 Å². The first-order valence-electron chi connectivity index (χ1n) is 6.95. The fourth-order valence-electron chi connectivity index (χ4n) is 2.39. The van der Waals surface area contributed by atoms with Gasteiger partial charge < -0.3 is 5.11 Å². The molecule has 0 radical (unpaired) electrons. The molecular weight excluding hydrogens is 274 g/mol. The van der Waals surface area contributed by atoms with Crippen molar-refractivity contribution in [3.05, 3.63) is 28.3 Å². The summed E-state index contributed by atoms with van der Waals surface area (Å²) < 4.78 is 27.2. The van der Waals surface area contributed by atoms with Crippen molar-refractivity contribution in [2.24, 2.45) is 0 Å². The lowest BCUT2D eigenvalue weighted by molar-refractivity contribution is 0.271. The molecule has 1 rings (SSSR count). The second kappa shape index (κ2) is 6.70. The highest BCUT2D eigenvalue weighted by atomic mass is 32.2. The van der Waals surface area contributed by atoms with Crippen LogP contribution in [0.5, 0.6) is 0 Å². The maximum absolute atomic E-state index is 12.9. The van der Waals surface area contributed by atoms with E-state index in [-0.39, 0.29) is 6.61 Å². The largest absolute Gasteiger partial charge is 0.396 e. The van der Waals surface area contributed by atoms with E-state index in [1.807, 2.05) is 40.7 Å². The summed E-state index contributed by atoms with van der Waals surface area (Å²) in [5.41, 5.74) is 3.61. The number of rotatable bonds is 6. The van der Waals surface area contributed by atoms with Crippen molar-refractivity contribution in [1.82, 2.24) is 4.31 Å². The first kappa shape index (κ1) is 17.1. The monoisotopic (exact) mass is 299 g/mol. The average molecular weight is 299 g/mol. The smallest absolute Gasteiger partial charge is 0.243 e. The van der Waals surface area contributed by atoms with Crippen LogP contribution < -0.4 is 0 Å². The van der Waals surface area contributed by atoms with Crippen LogP contribution in [0.4, 0.5) is 0 Å². The Morgan fingerprint density at radius 2 is 1.60 bits per heavy atom. The van der Waals surface area contributed by atoms with Gasteiger partial charge in [-0.2, -0.15) is 4.31 Å². The van der Waals surface area contributed by atoms with E-state index in [2.05, 4.69) is 0 Å². The van der Waals surface area contributed by atoms with E-state index in [0.717, 1.165) is 22.3 Å². The second-order valence-electron chi connectivity index (χ2n) is 5.16. The fraction of sp³-hybridized carbons (Fsp3) is 0.600. The van der Waals surface area contributed by atoms with Crippen molar-refractivity contribution in [2.45, 2.75) is 45.9 Å². The van der Waals surface area contributed by atoms with Crippen molar-refractivity contribution in [3.8, 4) is 0 Å². The van der Waals surface area contributed by atoms with Gasteiger partial charge in [0.05, 0.1) is 4.90 Å². The summed E-state index contributed by atoms with van der Waals surface area (Å²) >= 11 is 0. The van der Waals surface area contributed by atoms with Crippen LogP contribution in [0.1, 0.15) is 35.6 Å². The molecule has 114 valence electrons. The summed E-state index contributed by atoms with van der Waals surface area (Å²) in [6.45, 7) is 10.2. The first-order chi connectivity index (χ1) is 9.27. The van der Waals surface area contributed by atoms with Crippen molar-refractivity contribution in [2.75, 3.05) is 19.7 Å². The van der Waals surface area contributed by atoms with Gasteiger partial charge in [0, 0.05) is 19.7 Å². The summed E-state index contributed by atoms with van der Waals surface area (Å²) in [6, 6.07) is 2.02. The van der Waals surface area contributed by atoms with Crippen LogP contribution >= 0.6 is 0 Å². The Bertz CT molecular complexity index is 553. The van der Waals surface area contributed by atoms with E-state index in [1.165, 1.54) is 4.31 Å². The minimum atomic E-state index is -3.51. The summed E-state index contributed by atoms with van der Waals surface area (Å²) in [5.74, 6) is 0. The van der Waals surface area contributed by atoms with Gasteiger partial charge in [0.25, 0.3) is 0 Å². The third-order valence-corrected chi connectivity index (χ3v) is 6.06. The molecule has 0 amide bonds. The van der Waals surface area contributed by atoms with Gasteiger partial charge in [0.1, 0.15) is 0 Å². The minimum absolute atomic E-state index is 0.00315. The molecule has 20 heavy (non-hydrogen) atoms. The molecule has 1 N–H and O–H groups in total. The Morgan fingerprint density at radius 3 is 2.00 bits per heavy atom. The molecule has 0 spiro atoms. The molecule has 0 fully saturated rings. The number of aryl methyl sites for hydroxylation is 2. The van der Waals surface area contributed by atoms with Crippen LogP contribution in [0.3, 0.4) is 0 Å². The highest BCUT2D eigenvalue weighted by Crippen LogP contribution is 2.28. The molecule has 5 heteroatoms. The maximum Gasteiger partial charge on any atom is 0.243 e. The van der Waals surface area contributed by atoms with E-state index >= 15 is 0 Å². The Morgan fingerprint density at radius 1 is 1.10 bits per heavy atom. The third kappa shape index (κ3) is 3.22. The van der Waals surface area contributed by atoms with Crippen LogP contribution in [0, 0.1) is 27.7 Å². The summed E-state index contributed by atoms with van der Waals surface area (Å²) in [5, 5.41) is 8.92. The van der Waals surface area contributed by atoms with Gasteiger partial charge in [-0.3, -0.25) is 0 Å². The number of sulfonamides is 1. The summed E-state index contributed by atoms with van der Waals surface area (Å²) in [6.07, 6.45) is 0.454. The summed E-state index contributed by atoms with van der Waals surface area (Å²) in [4.78, 5) is 0.426. The molecule has 1 aromatic carbocycles. The number of aliphatic hydroxyl groups is 1. The molecule has 0 aromatic heterocycles. The lowest BCUT2D eigenvalue weighted by Crippen LogP contribution is -2.33. The van der Waals surface area contributed by atoms with Crippen molar-refractivity contribution < 1.29 is 13.5 Å². The highest BCUT2D eigenvalue weighted by molar-refractivity contribution is 7.89. The molecule has 0 heterocycles. The van der Waals surface area contributed by atoms with Crippen LogP contribution in [0.15, 0.2) is 11.0 Å². The van der Waals surface area contributed by atoms with Crippen LogP contribution in [0.25, 0.3) is 0 Å². The van der Waals surface area contributed by atoms with Gasteiger partial charge in [-0.25, -0.2) is 8.42 Å². The maximum atomic E-state index is 12.9. The Labute approximate surface area is 122 Å². The van der Waals surface area contributed by atoms with Gasteiger partial charge in [-0.15, -0.1) is 0 Å². The molecule has 0 aliphatic carbocycles. The number of aliphatic hydroxyl groups excluding tert-OH is 1. The molecule has 0 aliphatic heterocycles. The van der Waals surface area contributed by atoms with E-state index in [9.17, 15) is 8.42 Å². The van der Waals surface area contributed by atoms with Gasteiger partial charge in [0.2, 0.25) is 10.0 Å². The minimum Gasteiger partial charge on any atom is -0.396 e. The lowest BCUT2D eigenvalue weighted by Gasteiger charge is -2.24. The zero-order chi connectivity index (χ0) is 15.5. The molecule has 1 aromatic rings. The zero-order valence-corrected chi connectivity index (χ0v) is 13.8. The van der Waals surface area contributed by atoms with Crippen LogP contribution in [-0.2, 0) is 10.0 Å². The van der Waals surface area contributed by atoms with Crippen molar-refractivity contribution in [3.63, 3.8) is 0 Å². The van der Waals surface area contributed by atoms with Gasteiger partial charge >= 0.3 is 0 Å². The third-order valence-electron chi connectivity index (χ3n) is 3.81. The number of benzene rings is 1. The molecule has 0 atom stereocenters. The van der Waals surface area contributed by atoms with Crippen molar-refractivity contribution in [1.29, 1.82) is 0 Å². The molecule has 0 saturated carbocycles. The van der Waals surface area contributed by atoms with E-state index in [0.29, 0.717) is 24.4 Å². The van der Waals surface area contributed by atoms with Crippen LogP contribution in [0.2, 0.25) is 0 Å². The second-order valence-corrected chi connectivity index (χ2v) is 7.04. The fourth-order valence-corrected chi connectivity index (χ4v) is 4.46. The number of hydrogen-bond donors (Lipinski definition) is 1. The molecule has 0 saturated heterocycles. The molecule has 4 nitrogen and oxygen atoms in total. The molecule has 0 unspecified atom stereocenters. The lowest BCUT2D eigenvalue weighted by atomic mass is 10.0. The Kier molecular flexibility index (Phi) is 5.74. The predicted molar refractivity (Wildman–Crippen MR) is 81.5 cm³/mol.